The second kappa shape index (κ2) is 6.73. The monoisotopic (exact) mass is 327 g/mol. The molecule has 4 heteroatoms. The first-order valence-corrected chi connectivity index (χ1v) is 7.67. The Morgan fingerprint density at radius 1 is 1.32 bits per heavy atom. The van der Waals surface area contributed by atoms with Crippen LogP contribution in [0.15, 0.2) is 22.7 Å². The zero-order chi connectivity index (χ0) is 13.8. The molecule has 1 aromatic carbocycles. The van der Waals surface area contributed by atoms with E-state index in [1.165, 1.54) is 5.56 Å². The number of methoxy groups -OCH3 is 1. The van der Waals surface area contributed by atoms with E-state index in [0.717, 1.165) is 35.9 Å². The topological polar surface area (TPSA) is 41.5 Å². The van der Waals surface area contributed by atoms with Crippen molar-refractivity contribution in [1.29, 1.82) is 0 Å². The molecular weight excluding hydrogens is 306 g/mol. The van der Waals surface area contributed by atoms with Crippen LogP contribution < -0.4 is 10.1 Å². The molecule has 1 atom stereocenters. The van der Waals surface area contributed by atoms with Gasteiger partial charge in [-0.05, 0) is 50.3 Å². The molecule has 0 aliphatic heterocycles. The second-order valence-electron chi connectivity index (χ2n) is 5.28. The summed E-state index contributed by atoms with van der Waals surface area (Å²) in [6.45, 7) is 2.18. The predicted octanol–water partition coefficient (Wildman–Crippen LogP) is 3.41. The molecule has 2 N–H and O–H groups in total. The zero-order valence-corrected chi connectivity index (χ0v) is 13.1. The molecule has 1 aliphatic carbocycles. The predicted molar refractivity (Wildman–Crippen MR) is 80.5 cm³/mol. The number of benzene rings is 1. The van der Waals surface area contributed by atoms with Crippen molar-refractivity contribution in [2.45, 2.75) is 50.8 Å². The summed E-state index contributed by atoms with van der Waals surface area (Å²) in [4.78, 5) is 0. The molecule has 0 aromatic heterocycles. The molecule has 19 heavy (non-hydrogen) atoms. The van der Waals surface area contributed by atoms with E-state index in [9.17, 15) is 5.11 Å². The normalized spacial score (nSPS) is 25.1. The number of rotatable bonds is 4. The van der Waals surface area contributed by atoms with Gasteiger partial charge in [0.1, 0.15) is 5.75 Å². The maximum atomic E-state index is 9.53. The molecule has 3 nitrogen and oxygen atoms in total. The standard InChI is InChI=1S/C15H22BrNO2/c1-10(17-11-3-5-12(18)6-4-11)14-8-7-13(19-2)9-15(14)16/h7-12,17-18H,3-6H2,1-2H3. The molecule has 0 radical (unpaired) electrons. The summed E-state index contributed by atoms with van der Waals surface area (Å²) in [6.07, 6.45) is 3.84. The van der Waals surface area contributed by atoms with Crippen LogP contribution in [0, 0.1) is 0 Å². The van der Waals surface area contributed by atoms with Crippen LogP contribution in [0.3, 0.4) is 0 Å². The SMILES string of the molecule is COc1ccc(C(C)NC2CCC(O)CC2)c(Br)c1. The summed E-state index contributed by atoms with van der Waals surface area (Å²) in [6, 6.07) is 6.88. The van der Waals surface area contributed by atoms with Gasteiger partial charge < -0.3 is 15.2 Å². The third-order valence-corrected chi connectivity index (χ3v) is 4.54. The lowest BCUT2D eigenvalue weighted by Gasteiger charge is -2.29. The molecule has 2 rings (SSSR count). The molecule has 0 bridgehead atoms. The number of halogens is 1. The fourth-order valence-corrected chi connectivity index (χ4v) is 3.37. The first-order valence-electron chi connectivity index (χ1n) is 6.87. The van der Waals surface area contributed by atoms with Gasteiger partial charge in [0.05, 0.1) is 13.2 Å². The molecule has 106 valence electrons. The summed E-state index contributed by atoms with van der Waals surface area (Å²) in [5.41, 5.74) is 1.24. The number of aliphatic hydroxyl groups excluding tert-OH is 1. The molecule has 1 unspecified atom stereocenters. The van der Waals surface area contributed by atoms with Gasteiger partial charge in [0.2, 0.25) is 0 Å². The van der Waals surface area contributed by atoms with Crippen LogP contribution in [0.25, 0.3) is 0 Å². The Morgan fingerprint density at radius 2 is 2.00 bits per heavy atom. The minimum absolute atomic E-state index is 0.0962. The molecule has 0 amide bonds. The van der Waals surface area contributed by atoms with Gasteiger partial charge in [-0.1, -0.05) is 22.0 Å². The lowest BCUT2D eigenvalue weighted by Crippen LogP contribution is -2.36. The minimum atomic E-state index is -0.0962. The molecule has 0 spiro atoms. The molecule has 0 heterocycles. The molecule has 1 fully saturated rings. The second-order valence-corrected chi connectivity index (χ2v) is 6.14. The number of nitrogens with one attached hydrogen (secondary N) is 1. The summed E-state index contributed by atoms with van der Waals surface area (Å²) < 4.78 is 6.29. The highest BCUT2D eigenvalue weighted by atomic mass is 79.9. The number of hydrogen-bond acceptors (Lipinski definition) is 3. The lowest BCUT2D eigenvalue weighted by atomic mass is 9.92. The van der Waals surface area contributed by atoms with E-state index in [4.69, 9.17) is 4.74 Å². The fraction of sp³-hybridized carbons (Fsp3) is 0.600. The first-order chi connectivity index (χ1) is 9.10. The Bertz CT molecular complexity index is 417. The Morgan fingerprint density at radius 3 is 2.58 bits per heavy atom. The van der Waals surface area contributed by atoms with Crippen molar-refractivity contribution in [3.05, 3.63) is 28.2 Å². The number of ether oxygens (including phenoxy) is 1. The van der Waals surface area contributed by atoms with Crippen LogP contribution in [0.1, 0.15) is 44.2 Å². The average molecular weight is 328 g/mol. The molecule has 0 saturated heterocycles. The lowest BCUT2D eigenvalue weighted by molar-refractivity contribution is 0.114. The third kappa shape index (κ3) is 3.94. The largest absolute Gasteiger partial charge is 0.497 e. The van der Waals surface area contributed by atoms with Crippen molar-refractivity contribution in [3.63, 3.8) is 0 Å². The quantitative estimate of drug-likeness (QED) is 0.890. The highest BCUT2D eigenvalue weighted by Crippen LogP contribution is 2.29. The van der Waals surface area contributed by atoms with Gasteiger partial charge in [0.25, 0.3) is 0 Å². The van der Waals surface area contributed by atoms with Crippen LogP contribution in [0.2, 0.25) is 0 Å². The van der Waals surface area contributed by atoms with Crippen molar-refractivity contribution >= 4 is 15.9 Å². The molecule has 1 aliphatic rings. The summed E-state index contributed by atoms with van der Waals surface area (Å²) in [5, 5.41) is 13.2. The fourth-order valence-electron chi connectivity index (χ4n) is 2.67. The molecule has 1 saturated carbocycles. The van der Waals surface area contributed by atoms with Crippen molar-refractivity contribution in [2.24, 2.45) is 0 Å². The van der Waals surface area contributed by atoms with Gasteiger partial charge >= 0.3 is 0 Å². The van der Waals surface area contributed by atoms with E-state index in [1.54, 1.807) is 7.11 Å². The highest BCUT2D eigenvalue weighted by molar-refractivity contribution is 9.10. The van der Waals surface area contributed by atoms with E-state index < -0.39 is 0 Å². The van der Waals surface area contributed by atoms with Crippen molar-refractivity contribution < 1.29 is 9.84 Å². The minimum Gasteiger partial charge on any atom is -0.497 e. The van der Waals surface area contributed by atoms with Gasteiger partial charge in [0.15, 0.2) is 0 Å². The van der Waals surface area contributed by atoms with Gasteiger partial charge in [-0.2, -0.15) is 0 Å². The third-order valence-electron chi connectivity index (χ3n) is 3.86. The number of hydrogen-bond donors (Lipinski definition) is 2. The Labute approximate surface area is 123 Å². The van der Waals surface area contributed by atoms with Crippen LogP contribution >= 0.6 is 15.9 Å². The maximum Gasteiger partial charge on any atom is 0.120 e. The number of aliphatic hydroxyl groups is 1. The van der Waals surface area contributed by atoms with Crippen molar-refractivity contribution in [3.8, 4) is 5.75 Å². The summed E-state index contributed by atoms with van der Waals surface area (Å²) in [5.74, 6) is 0.864. The van der Waals surface area contributed by atoms with E-state index in [-0.39, 0.29) is 6.10 Å². The first kappa shape index (κ1) is 14.8. The van der Waals surface area contributed by atoms with Gasteiger partial charge in [-0.15, -0.1) is 0 Å². The van der Waals surface area contributed by atoms with Crippen LogP contribution in [-0.4, -0.2) is 24.4 Å². The smallest absolute Gasteiger partial charge is 0.120 e. The Balaban J connectivity index is 1.97. The summed E-state index contributed by atoms with van der Waals surface area (Å²) in [7, 11) is 1.68. The van der Waals surface area contributed by atoms with Crippen molar-refractivity contribution in [1.82, 2.24) is 5.32 Å². The van der Waals surface area contributed by atoms with Crippen LogP contribution in [0.4, 0.5) is 0 Å². The van der Waals surface area contributed by atoms with Gasteiger partial charge in [-0.3, -0.25) is 0 Å². The molecule has 1 aromatic rings. The zero-order valence-electron chi connectivity index (χ0n) is 11.5. The Kier molecular flexibility index (Phi) is 5.25. The van der Waals surface area contributed by atoms with E-state index >= 15 is 0 Å². The van der Waals surface area contributed by atoms with Gasteiger partial charge in [-0.25, -0.2) is 0 Å². The average Bonchev–Trinajstić information content (AvgIpc) is 2.41. The van der Waals surface area contributed by atoms with E-state index in [0.29, 0.717) is 12.1 Å². The van der Waals surface area contributed by atoms with Crippen LogP contribution in [-0.2, 0) is 0 Å². The maximum absolute atomic E-state index is 9.53. The van der Waals surface area contributed by atoms with Gasteiger partial charge in [0, 0.05) is 16.6 Å². The van der Waals surface area contributed by atoms with Crippen molar-refractivity contribution in [2.75, 3.05) is 7.11 Å². The Hall–Kier alpha value is -0.580. The van der Waals surface area contributed by atoms with Crippen LogP contribution in [0.5, 0.6) is 5.75 Å². The van der Waals surface area contributed by atoms with E-state index in [2.05, 4.69) is 34.2 Å². The summed E-state index contributed by atoms with van der Waals surface area (Å²) >= 11 is 3.60. The highest BCUT2D eigenvalue weighted by Gasteiger charge is 2.21. The van der Waals surface area contributed by atoms with E-state index in [1.807, 2.05) is 12.1 Å². The molecular formula is C15H22BrNO2.